The van der Waals surface area contributed by atoms with Crippen LogP contribution >= 0.6 is 15.9 Å². The van der Waals surface area contributed by atoms with Crippen molar-refractivity contribution in [3.05, 3.63) is 28.2 Å². The van der Waals surface area contributed by atoms with E-state index >= 15 is 0 Å². The van der Waals surface area contributed by atoms with E-state index in [1.165, 1.54) is 18.4 Å². The fourth-order valence-corrected chi connectivity index (χ4v) is 2.53. The molecular weight excluding hydrogens is 328 g/mol. The van der Waals surface area contributed by atoms with Gasteiger partial charge in [-0.1, -0.05) is 15.9 Å². The fourth-order valence-electron chi connectivity index (χ4n) is 2.12. The summed E-state index contributed by atoms with van der Waals surface area (Å²) in [4.78, 5) is 0. The molecule has 0 unspecified atom stereocenters. The predicted molar refractivity (Wildman–Crippen MR) is 88.1 cm³/mol. The number of halogens is 1. The van der Waals surface area contributed by atoms with Crippen molar-refractivity contribution < 1.29 is 4.74 Å². The molecule has 1 aromatic rings. The first kappa shape index (κ1) is 16.3. The van der Waals surface area contributed by atoms with Gasteiger partial charge in [-0.15, -0.1) is 0 Å². The standard InChI is InChI=1S/C17H23BrN2O/c1-17(2,12-19)8-3-9-21-16-7-4-14(18)10-13(16)11-20-15-5-6-15/h4,7,10,15,20H,3,5-6,8-9,11H2,1-2H3. The highest BCUT2D eigenvalue weighted by molar-refractivity contribution is 9.10. The molecule has 0 radical (unpaired) electrons. The van der Waals surface area contributed by atoms with Crippen LogP contribution in [0.15, 0.2) is 22.7 Å². The summed E-state index contributed by atoms with van der Waals surface area (Å²) in [7, 11) is 0. The molecule has 0 saturated heterocycles. The van der Waals surface area contributed by atoms with Crippen molar-refractivity contribution in [2.75, 3.05) is 6.61 Å². The second-order valence-electron chi connectivity index (χ2n) is 6.35. The number of hydrogen-bond donors (Lipinski definition) is 1. The number of ether oxygens (including phenoxy) is 1. The molecular formula is C17H23BrN2O. The Bertz CT molecular complexity index is 518. The lowest BCUT2D eigenvalue weighted by Gasteiger charge is -2.16. The summed E-state index contributed by atoms with van der Waals surface area (Å²) >= 11 is 3.52. The maximum absolute atomic E-state index is 9.01. The topological polar surface area (TPSA) is 45.0 Å². The van der Waals surface area contributed by atoms with E-state index in [-0.39, 0.29) is 5.41 Å². The van der Waals surface area contributed by atoms with Crippen LogP contribution in [0.1, 0.15) is 45.1 Å². The van der Waals surface area contributed by atoms with E-state index in [0.29, 0.717) is 12.6 Å². The Kier molecular flexibility index (Phi) is 5.66. The molecule has 114 valence electrons. The molecule has 3 nitrogen and oxygen atoms in total. The van der Waals surface area contributed by atoms with Gasteiger partial charge in [0.1, 0.15) is 5.75 Å². The van der Waals surface area contributed by atoms with Crippen molar-refractivity contribution in [2.45, 2.75) is 52.1 Å². The molecule has 0 aromatic heterocycles. The summed E-state index contributed by atoms with van der Waals surface area (Å²) in [6.45, 7) is 5.45. The van der Waals surface area contributed by atoms with E-state index in [1.54, 1.807) is 0 Å². The SMILES string of the molecule is CC(C)(C#N)CCCOc1ccc(Br)cc1CNC1CC1. The Morgan fingerprint density at radius 3 is 2.86 bits per heavy atom. The van der Waals surface area contributed by atoms with Crippen LogP contribution < -0.4 is 10.1 Å². The van der Waals surface area contributed by atoms with Gasteiger partial charge < -0.3 is 10.1 Å². The summed E-state index contributed by atoms with van der Waals surface area (Å²) in [5.74, 6) is 0.945. The van der Waals surface area contributed by atoms with Gasteiger partial charge in [0.15, 0.2) is 0 Å². The van der Waals surface area contributed by atoms with Gasteiger partial charge in [0.25, 0.3) is 0 Å². The van der Waals surface area contributed by atoms with Crippen molar-refractivity contribution in [3.8, 4) is 11.8 Å². The second-order valence-corrected chi connectivity index (χ2v) is 7.27. The molecule has 0 heterocycles. The van der Waals surface area contributed by atoms with Crippen LogP contribution in [-0.2, 0) is 6.54 Å². The van der Waals surface area contributed by atoms with E-state index in [4.69, 9.17) is 10.00 Å². The number of rotatable bonds is 8. The smallest absolute Gasteiger partial charge is 0.123 e. The minimum absolute atomic E-state index is 0.264. The van der Waals surface area contributed by atoms with Gasteiger partial charge >= 0.3 is 0 Å². The quantitative estimate of drug-likeness (QED) is 0.706. The van der Waals surface area contributed by atoms with E-state index in [2.05, 4.69) is 33.4 Å². The molecule has 0 spiro atoms. The summed E-state index contributed by atoms with van der Waals surface area (Å²) in [6, 6.07) is 9.16. The lowest BCUT2D eigenvalue weighted by Crippen LogP contribution is -2.16. The Morgan fingerprint density at radius 1 is 1.43 bits per heavy atom. The molecule has 1 saturated carbocycles. The van der Waals surface area contributed by atoms with Crippen LogP contribution in [0.2, 0.25) is 0 Å². The van der Waals surface area contributed by atoms with E-state index < -0.39 is 0 Å². The van der Waals surface area contributed by atoms with Gasteiger partial charge in [-0.25, -0.2) is 0 Å². The van der Waals surface area contributed by atoms with Crippen LogP contribution in [0.4, 0.5) is 0 Å². The molecule has 1 aliphatic rings. The second kappa shape index (κ2) is 7.29. The Morgan fingerprint density at radius 2 is 2.19 bits per heavy atom. The lowest BCUT2D eigenvalue weighted by atomic mass is 9.90. The molecule has 4 heteroatoms. The van der Waals surface area contributed by atoms with E-state index in [1.807, 2.05) is 26.0 Å². The van der Waals surface area contributed by atoms with Crippen LogP contribution in [0.5, 0.6) is 5.75 Å². The van der Waals surface area contributed by atoms with Gasteiger partial charge in [0, 0.05) is 22.6 Å². The summed E-state index contributed by atoms with van der Waals surface area (Å²) < 4.78 is 6.99. The maximum atomic E-state index is 9.01. The molecule has 0 amide bonds. The molecule has 0 aliphatic heterocycles. The molecule has 1 N–H and O–H groups in total. The van der Waals surface area contributed by atoms with Crippen molar-refractivity contribution in [2.24, 2.45) is 5.41 Å². The largest absolute Gasteiger partial charge is 0.493 e. The van der Waals surface area contributed by atoms with Gasteiger partial charge in [-0.05, 0) is 57.7 Å². The third-order valence-corrected chi connectivity index (χ3v) is 4.18. The lowest BCUT2D eigenvalue weighted by molar-refractivity contribution is 0.281. The molecule has 0 atom stereocenters. The first-order valence-electron chi connectivity index (χ1n) is 7.56. The zero-order valence-corrected chi connectivity index (χ0v) is 14.4. The first-order valence-corrected chi connectivity index (χ1v) is 8.35. The molecule has 1 aliphatic carbocycles. The summed E-state index contributed by atoms with van der Waals surface area (Å²) in [5, 5.41) is 12.5. The van der Waals surface area contributed by atoms with Crippen LogP contribution in [0.25, 0.3) is 0 Å². The number of nitrogens with one attached hydrogen (secondary N) is 1. The van der Waals surface area contributed by atoms with Crippen molar-refractivity contribution in [3.63, 3.8) is 0 Å². The van der Waals surface area contributed by atoms with Gasteiger partial charge in [0.2, 0.25) is 0 Å². The third kappa shape index (κ3) is 5.68. The van der Waals surface area contributed by atoms with Crippen LogP contribution in [0.3, 0.4) is 0 Å². The Hall–Kier alpha value is -1.05. The minimum Gasteiger partial charge on any atom is -0.493 e. The van der Waals surface area contributed by atoms with E-state index in [9.17, 15) is 0 Å². The molecule has 0 bridgehead atoms. The first-order chi connectivity index (χ1) is 10.00. The average Bonchev–Trinajstić information content (AvgIpc) is 3.27. The zero-order chi connectivity index (χ0) is 15.3. The van der Waals surface area contributed by atoms with Crippen molar-refractivity contribution in [1.82, 2.24) is 5.32 Å². The normalized spacial score (nSPS) is 14.8. The molecule has 1 fully saturated rings. The van der Waals surface area contributed by atoms with Crippen molar-refractivity contribution in [1.29, 1.82) is 5.26 Å². The number of benzene rings is 1. The Balaban J connectivity index is 1.85. The number of nitriles is 1. The highest BCUT2D eigenvalue weighted by atomic mass is 79.9. The monoisotopic (exact) mass is 350 g/mol. The molecule has 2 rings (SSSR count). The highest BCUT2D eigenvalue weighted by Gasteiger charge is 2.21. The van der Waals surface area contributed by atoms with Crippen molar-refractivity contribution >= 4 is 15.9 Å². The van der Waals surface area contributed by atoms with Crippen LogP contribution in [0, 0.1) is 16.7 Å². The van der Waals surface area contributed by atoms with E-state index in [0.717, 1.165) is 29.6 Å². The minimum atomic E-state index is -0.264. The third-order valence-electron chi connectivity index (χ3n) is 3.69. The fraction of sp³-hybridized carbons (Fsp3) is 0.588. The summed E-state index contributed by atoms with van der Waals surface area (Å²) in [6.07, 6.45) is 4.32. The van der Waals surface area contributed by atoms with Gasteiger partial charge in [-0.2, -0.15) is 5.26 Å². The summed E-state index contributed by atoms with van der Waals surface area (Å²) in [5.41, 5.74) is 0.926. The molecule has 21 heavy (non-hydrogen) atoms. The predicted octanol–water partition coefficient (Wildman–Crippen LogP) is 4.41. The van der Waals surface area contributed by atoms with Gasteiger partial charge in [0.05, 0.1) is 18.1 Å². The number of nitrogens with zero attached hydrogens (tertiary/aromatic N) is 1. The maximum Gasteiger partial charge on any atom is 0.123 e. The number of hydrogen-bond acceptors (Lipinski definition) is 3. The Labute approximate surface area is 135 Å². The van der Waals surface area contributed by atoms with Gasteiger partial charge in [-0.3, -0.25) is 0 Å². The zero-order valence-electron chi connectivity index (χ0n) is 12.8. The highest BCUT2D eigenvalue weighted by Crippen LogP contribution is 2.26. The average molecular weight is 351 g/mol. The van der Waals surface area contributed by atoms with Crippen LogP contribution in [-0.4, -0.2) is 12.6 Å². The molecule has 1 aromatic carbocycles.